The summed E-state index contributed by atoms with van der Waals surface area (Å²) in [5.41, 5.74) is 3.07. The Morgan fingerprint density at radius 3 is 2.16 bits per heavy atom. The highest BCUT2D eigenvalue weighted by Gasteiger charge is 2.21. The summed E-state index contributed by atoms with van der Waals surface area (Å²) in [4.78, 5) is 12.5. The first-order valence-corrected chi connectivity index (χ1v) is 11.9. The van der Waals surface area contributed by atoms with Gasteiger partial charge in [0.25, 0.3) is 0 Å². The fourth-order valence-electron chi connectivity index (χ4n) is 4.19. The third-order valence-corrected chi connectivity index (χ3v) is 6.11. The van der Waals surface area contributed by atoms with Crippen LogP contribution in [0.15, 0.2) is 66.8 Å². The Morgan fingerprint density at radius 2 is 1.52 bits per heavy atom. The molecule has 2 heteroatoms. The second-order valence-electron chi connectivity index (χ2n) is 8.60. The zero-order chi connectivity index (χ0) is 21.9. The molecular weight excluding hydrogens is 380 g/mol. The standard InChI is InChI=1S/C29H36O2/c1-3-5-7-9-23-11-15-25(16-12-23)26-17-19-27(20-18-26)29(30)31-28-21-13-24(14-22-28)10-8-6-4-2/h7-10,13-14,17-23,25H,3-6,11-12,15-16H2,1-2H3. The van der Waals surface area contributed by atoms with Crippen molar-refractivity contribution < 1.29 is 9.53 Å². The molecule has 0 heterocycles. The maximum Gasteiger partial charge on any atom is 0.343 e. The van der Waals surface area contributed by atoms with Crippen LogP contribution in [-0.2, 0) is 0 Å². The third-order valence-electron chi connectivity index (χ3n) is 6.11. The lowest BCUT2D eigenvalue weighted by atomic mass is 9.78. The first kappa shape index (κ1) is 23.1. The second kappa shape index (κ2) is 12.3. The van der Waals surface area contributed by atoms with E-state index in [9.17, 15) is 4.79 Å². The Balaban J connectivity index is 1.51. The SMILES string of the molecule is CCCC=Cc1ccc(OC(=O)c2ccc(C3CCC(C=CCCC)CC3)cc2)cc1. The van der Waals surface area contributed by atoms with Crippen LogP contribution in [-0.4, -0.2) is 5.97 Å². The molecule has 0 unspecified atom stereocenters. The van der Waals surface area contributed by atoms with Crippen LogP contribution in [0.3, 0.4) is 0 Å². The van der Waals surface area contributed by atoms with E-state index in [1.807, 2.05) is 36.4 Å². The van der Waals surface area contributed by atoms with Gasteiger partial charge in [0, 0.05) is 0 Å². The molecule has 0 amide bonds. The predicted molar refractivity (Wildman–Crippen MR) is 131 cm³/mol. The normalized spacial score (nSPS) is 19.2. The number of hydrogen-bond acceptors (Lipinski definition) is 2. The molecule has 0 radical (unpaired) electrons. The van der Waals surface area contributed by atoms with Crippen LogP contribution in [0.5, 0.6) is 5.75 Å². The van der Waals surface area contributed by atoms with Gasteiger partial charge in [-0.15, -0.1) is 0 Å². The van der Waals surface area contributed by atoms with Crippen LogP contribution in [0.2, 0.25) is 0 Å². The lowest BCUT2D eigenvalue weighted by Crippen LogP contribution is -2.12. The molecule has 2 nitrogen and oxygen atoms in total. The highest BCUT2D eigenvalue weighted by molar-refractivity contribution is 5.91. The second-order valence-corrected chi connectivity index (χ2v) is 8.60. The minimum absolute atomic E-state index is 0.300. The molecule has 1 saturated carbocycles. The van der Waals surface area contributed by atoms with E-state index in [-0.39, 0.29) is 5.97 Å². The molecule has 3 rings (SSSR count). The predicted octanol–water partition coefficient (Wildman–Crippen LogP) is 8.35. The Labute approximate surface area is 188 Å². The van der Waals surface area contributed by atoms with Crippen molar-refractivity contribution in [1.82, 2.24) is 0 Å². The number of benzene rings is 2. The van der Waals surface area contributed by atoms with E-state index < -0.39 is 0 Å². The first-order chi connectivity index (χ1) is 15.2. The number of hydrogen-bond donors (Lipinski definition) is 0. The molecule has 1 aliphatic carbocycles. The Hall–Kier alpha value is -2.61. The van der Waals surface area contributed by atoms with Gasteiger partial charge in [-0.3, -0.25) is 0 Å². The van der Waals surface area contributed by atoms with E-state index in [1.165, 1.54) is 44.1 Å². The fourth-order valence-corrected chi connectivity index (χ4v) is 4.19. The van der Waals surface area contributed by atoms with E-state index in [1.54, 1.807) is 0 Å². The van der Waals surface area contributed by atoms with Gasteiger partial charge < -0.3 is 4.74 Å². The molecule has 2 aromatic rings. The Kier molecular flexibility index (Phi) is 9.15. The molecule has 0 aliphatic heterocycles. The summed E-state index contributed by atoms with van der Waals surface area (Å²) in [6.07, 6.45) is 18.6. The maximum absolute atomic E-state index is 12.5. The van der Waals surface area contributed by atoms with Gasteiger partial charge in [-0.1, -0.05) is 75.3 Å². The number of carbonyl (C=O) groups is 1. The average Bonchev–Trinajstić information content (AvgIpc) is 2.81. The zero-order valence-corrected chi connectivity index (χ0v) is 19.1. The summed E-state index contributed by atoms with van der Waals surface area (Å²) < 4.78 is 5.56. The van der Waals surface area contributed by atoms with Crippen molar-refractivity contribution in [2.45, 2.75) is 71.1 Å². The minimum Gasteiger partial charge on any atom is -0.423 e. The molecule has 1 aliphatic rings. The molecule has 0 atom stereocenters. The summed E-state index contributed by atoms with van der Waals surface area (Å²) >= 11 is 0. The zero-order valence-electron chi connectivity index (χ0n) is 19.1. The van der Waals surface area contributed by atoms with E-state index in [0.29, 0.717) is 17.2 Å². The maximum atomic E-state index is 12.5. The number of esters is 1. The van der Waals surface area contributed by atoms with Crippen molar-refractivity contribution in [3.8, 4) is 5.75 Å². The van der Waals surface area contributed by atoms with Crippen LogP contribution in [0.25, 0.3) is 6.08 Å². The smallest absolute Gasteiger partial charge is 0.343 e. The molecule has 0 saturated heterocycles. The van der Waals surface area contributed by atoms with Crippen LogP contribution >= 0.6 is 0 Å². The van der Waals surface area contributed by atoms with Gasteiger partial charge in [-0.2, -0.15) is 0 Å². The van der Waals surface area contributed by atoms with Gasteiger partial charge in [0.15, 0.2) is 0 Å². The number of allylic oxidation sites excluding steroid dienone is 3. The number of ether oxygens (including phenoxy) is 1. The van der Waals surface area contributed by atoms with Gasteiger partial charge in [-0.25, -0.2) is 4.79 Å². The first-order valence-electron chi connectivity index (χ1n) is 11.9. The molecule has 0 N–H and O–H groups in total. The summed E-state index contributed by atoms with van der Waals surface area (Å²) in [6, 6.07) is 15.7. The van der Waals surface area contributed by atoms with Gasteiger partial charge in [0.2, 0.25) is 0 Å². The van der Waals surface area contributed by atoms with Crippen molar-refractivity contribution in [3.05, 3.63) is 83.4 Å². The molecule has 0 aromatic heterocycles. The average molecular weight is 417 g/mol. The van der Waals surface area contributed by atoms with Crippen LogP contribution in [0, 0.1) is 5.92 Å². The molecule has 1 fully saturated rings. The molecule has 2 aromatic carbocycles. The summed E-state index contributed by atoms with van der Waals surface area (Å²) in [5.74, 6) is 1.63. The highest BCUT2D eigenvalue weighted by atomic mass is 16.5. The van der Waals surface area contributed by atoms with Gasteiger partial charge in [0.05, 0.1) is 5.56 Å². The topological polar surface area (TPSA) is 26.3 Å². The third kappa shape index (κ3) is 7.24. The molecule has 0 spiro atoms. The summed E-state index contributed by atoms with van der Waals surface area (Å²) in [6.45, 7) is 4.39. The van der Waals surface area contributed by atoms with Crippen LogP contribution in [0.4, 0.5) is 0 Å². The van der Waals surface area contributed by atoms with Crippen LogP contribution < -0.4 is 4.74 Å². The van der Waals surface area contributed by atoms with Crippen molar-refractivity contribution in [2.75, 3.05) is 0 Å². The van der Waals surface area contributed by atoms with E-state index in [0.717, 1.165) is 24.3 Å². The molecule has 164 valence electrons. The van der Waals surface area contributed by atoms with E-state index in [4.69, 9.17) is 4.74 Å². The largest absolute Gasteiger partial charge is 0.423 e. The van der Waals surface area contributed by atoms with Crippen LogP contribution in [0.1, 0.15) is 92.6 Å². The number of unbranched alkanes of at least 4 members (excludes halogenated alkanes) is 2. The lowest BCUT2D eigenvalue weighted by Gasteiger charge is -2.27. The number of carbonyl (C=O) groups excluding carboxylic acids is 1. The lowest BCUT2D eigenvalue weighted by molar-refractivity contribution is 0.0734. The summed E-state index contributed by atoms with van der Waals surface area (Å²) in [5, 5.41) is 0. The highest BCUT2D eigenvalue weighted by Crippen LogP contribution is 2.36. The van der Waals surface area contributed by atoms with Crippen molar-refractivity contribution in [3.63, 3.8) is 0 Å². The fraction of sp³-hybridized carbons (Fsp3) is 0.414. The monoisotopic (exact) mass is 416 g/mol. The van der Waals surface area contributed by atoms with Crippen molar-refractivity contribution in [2.24, 2.45) is 5.92 Å². The van der Waals surface area contributed by atoms with Crippen molar-refractivity contribution in [1.29, 1.82) is 0 Å². The van der Waals surface area contributed by atoms with Gasteiger partial charge in [-0.05, 0) is 85.8 Å². The Morgan fingerprint density at radius 1 is 0.871 bits per heavy atom. The quantitative estimate of drug-likeness (QED) is 0.233. The molecular formula is C29H36O2. The molecule has 31 heavy (non-hydrogen) atoms. The van der Waals surface area contributed by atoms with Gasteiger partial charge >= 0.3 is 5.97 Å². The van der Waals surface area contributed by atoms with E-state index >= 15 is 0 Å². The Bertz CT molecular complexity index is 851. The van der Waals surface area contributed by atoms with Gasteiger partial charge in [0.1, 0.15) is 5.75 Å². The minimum atomic E-state index is -0.300. The van der Waals surface area contributed by atoms with E-state index in [2.05, 4.69) is 50.3 Å². The summed E-state index contributed by atoms with van der Waals surface area (Å²) in [7, 11) is 0. The number of rotatable bonds is 9. The van der Waals surface area contributed by atoms with Crippen molar-refractivity contribution >= 4 is 12.0 Å². The molecule has 0 bridgehead atoms.